The zero-order valence-corrected chi connectivity index (χ0v) is 36.7. The number of anilines is 3. The van der Waals surface area contributed by atoms with Crippen LogP contribution in [0.5, 0.6) is 0 Å². The van der Waals surface area contributed by atoms with E-state index in [-0.39, 0.29) is 0 Å². The van der Waals surface area contributed by atoms with Crippen LogP contribution in [0.25, 0.3) is 77.2 Å². The number of hydrogen-bond acceptors (Lipinski definition) is 2. The summed E-state index contributed by atoms with van der Waals surface area (Å²) in [6.07, 6.45) is 0. The van der Waals surface area contributed by atoms with Gasteiger partial charge in [0.25, 0.3) is 0 Å². The van der Waals surface area contributed by atoms with Crippen molar-refractivity contribution in [2.24, 2.45) is 0 Å². The first-order valence-electron chi connectivity index (χ1n) is 23.1. The summed E-state index contributed by atoms with van der Waals surface area (Å²) in [5.41, 5.74) is 19.1. The molecule has 314 valence electrons. The monoisotopic (exact) mass is 853 g/mol. The van der Waals surface area contributed by atoms with E-state index >= 15 is 0 Å². The fourth-order valence-corrected chi connectivity index (χ4v) is 10.9. The number of rotatable bonds is 8. The number of para-hydroxylation sites is 1. The van der Waals surface area contributed by atoms with E-state index in [9.17, 15) is 0 Å². The third kappa shape index (κ3) is 6.33. The van der Waals surface area contributed by atoms with Gasteiger partial charge in [-0.15, -0.1) is 0 Å². The standard InChI is InChI=1S/C65H43NO/c1-3-19-50(20-4-1)65(51-21-5-2-6-22-51)61-27-11-9-24-57(61)58-40-38-54(43-62(58)65)66(53-36-31-45(32-37-53)48-33-39-60-59-25-10-12-28-63(59)67-64(60)42-48)52-34-29-44(30-35-52)47-17-13-18-49(41-47)56-26-14-16-46-15-7-8-23-55(46)56/h1-43H. The highest BCUT2D eigenvalue weighted by Crippen LogP contribution is 2.57. The average Bonchev–Trinajstić information content (AvgIpc) is 3.93. The minimum Gasteiger partial charge on any atom is -0.456 e. The van der Waals surface area contributed by atoms with Crippen molar-refractivity contribution < 1.29 is 4.42 Å². The largest absolute Gasteiger partial charge is 0.456 e. The third-order valence-electron chi connectivity index (χ3n) is 14.0. The molecule has 0 bridgehead atoms. The van der Waals surface area contributed by atoms with Crippen molar-refractivity contribution in [1.82, 2.24) is 0 Å². The fraction of sp³-hybridized carbons (Fsp3) is 0.0154. The maximum Gasteiger partial charge on any atom is 0.136 e. The highest BCUT2D eigenvalue weighted by atomic mass is 16.3. The van der Waals surface area contributed by atoms with Crippen molar-refractivity contribution in [2.45, 2.75) is 5.41 Å². The van der Waals surface area contributed by atoms with E-state index in [1.165, 1.54) is 66.4 Å². The van der Waals surface area contributed by atoms with Crippen LogP contribution in [-0.4, -0.2) is 0 Å². The van der Waals surface area contributed by atoms with Crippen LogP contribution in [0.15, 0.2) is 265 Å². The molecule has 0 saturated heterocycles. The normalized spacial score (nSPS) is 12.6. The van der Waals surface area contributed by atoms with Gasteiger partial charge in [0.15, 0.2) is 0 Å². The Bertz CT molecular complexity index is 3750. The van der Waals surface area contributed by atoms with Crippen LogP contribution in [0.2, 0.25) is 0 Å². The molecule has 0 aliphatic heterocycles. The average molecular weight is 854 g/mol. The second-order valence-electron chi connectivity index (χ2n) is 17.6. The van der Waals surface area contributed by atoms with Crippen molar-refractivity contribution in [3.63, 3.8) is 0 Å². The van der Waals surface area contributed by atoms with Crippen LogP contribution < -0.4 is 4.90 Å². The zero-order valence-electron chi connectivity index (χ0n) is 36.7. The van der Waals surface area contributed by atoms with E-state index in [2.05, 4.69) is 254 Å². The molecule has 2 nitrogen and oxygen atoms in total. The van der Waals surface area contributed by atoms with Crippen LogP contribution >= 0.6 is 0 Å². The van der Waals surface area contributed by atoms with Gasteiger partial charge >= 0.3 is 0 Å². The Morgan fingerprint density at radius 2 is 0.806 bits per heavy atom. The SMILES string of the molecule is c1ccc(C2(c3ccccc3)c3ccccc3-c3ccc(N(c4ccc(-c5cccc(-c6cccc7ccccc67)c5)cc4)c4ccc(-c5ccc6c(c5)oc5ccccc56)cc4)cc32)cc1. The van der Waals surface area contributed by atoms with Crippen LogP contribution in [0.1, 0.15) is 22.3 Å². The Kier molecular flexibility index (Phi) is 9.11. The molecule has 0 N–H and O–H groups in total. The summed E-state index contributed by atoms with van der Waals surface area (Å²) in [4.78, 5) is 2.41. The smallest absolute Gasteiger partial charge is 0.136 e. The van der Waals surface area contributed by atoms with E-state index in [1.54, 1.807) is 0 Å². The number of furan rings is 1. The Balaban J connectivity index is 0.952. The van der Waals surface area contributed by atoms with E-state index in [0.29, 0.717) is 0 Å². The maximum atomic E-state index is 6.31. The lowest BCUT2D eigenvalue weighted by Gasteiger charge is -2.35. The first kappa shape index (κ1) is 38.7. The molecule has 0 amide bonds. The molecule has 0 fully saturated rings. The first-order chi connectivity index (χ1) is 33.2. The Morgan fingerprint density at radius 1 is 0.284 bits per heavy atom. The summed E-state index contributed by atoms with van der Waals surface area (Å²) < 4.78 is 6.31. The van der Waals surface area contributed by atoms with Crippen molar-refractivity contribution in [1.29, 1.82) is 0 Å². The summed E-state index contributed by atoms with van der Waals surface area (Å²) in [5.74, 6) is 0. The van der Waals surface area contributed by atoms with Gasteiger partial charge in [0.1, 0.15) is 11.2 Å². The van der Waals surface area contributed by atoms with Gasteiger partial charge in [0.05, 0.1) is 5.41 Å². The van der Waals surface area contributed by atoms with E-state index in [4.69, 9.17) is 4.42 Å². The van der Waals surface area contributed by atoms with Gasteiger partial charge in [0, 0.05) is 27.8 Å². The Labute approximate surface area is 390 Å². The summed E-state index contributed by atoms with van der Waals surface area (Å²) in [7, 11) is 0. The maximum absolute atomic E-state index is 6.31. The molecule has 1 heterocycles. The highest BCUT2D eigenvalue weighted by molar-refractivity contribution is 6.06. The second-order valence-corrected chi connectivity index (χ2v) is 17.6. The lowest BCUT2D eigenvalue weighted by Crippen LogP contribution is -2.28. The van der Waals surface area contributed by atoms with Gasteiger partial charge in [0.2, 0.25) is 0 Å². The molecule has 1 aromatic heterocycles. The van der Waals surface area contributed by atoms with Crippen LogP contribution in [0.4, 0.5) is 17.1 Å². The molecular formula is C65H43NO. The number of fused-ring (bicyclic) bond motifs is 7. The Morgan fingerprint density at radius 3 is 1.55 bits per heavy atom. The van der Waals surface area contributed by atoms with Crippen LogP contribution in [0.3, 0.4) is 0 Å². The van der Waals surface area contributed by atoms with Gasteiger partial charge < -0.3 is 9.32 Å². The molecule has 0 saturated carbocycles. The first-order valence-corrected chi connectivity index (χ1v) is 23.1. The summed E-state index contributed by atoms with van der Waals surface area (Å²) in [5, 5.41) is 4.77. The topological polar surface area (TPSA) is 16.4 Å². The molecule has 1 aliphatic carbocycles. The molecule has 0 spiro atoms. The molecule has 11 aromatic carbocycles. The fourth-order valence-electron chi connectivity index (χ4n) is 10.9. The lowest BCUT2D eigenvalue weighted by molar-refractivity contribution is 0.669. The molecule has 0 unspecified atom stereocenters. The summed E-state index contributed by atoms with van der Waals surface area (Å²) in [6, 6.07) is 95.1. The van der Waals surface area contributed by atoms with Gasteiger partial charge in [-0.1, -0.05) is 200 Å². The number of nitrogens with zero attached hydrogens (tertiary/aromatic N) is 1. The van der Waals surface area contributed by atoms with Crippen molar-refractivity contribution in [3.8, 4) is 44.5 Å². The molecule has 2 heteroatoms. The lowest BCUT2D eigenvalue weighted by atomic mass is 9.67. The van der Waals surface area contributed by atoms with Gasteiger partial charge in [-0.2, -0.15) is 0 Å². The Hall–Kier alpha value is -8.72. The molecule has 0 radical (unpaired) electrons. The number of hydrogen-bond donors (Lipinski definition) is 0. The summed E-state index contributed by atoms with van der Waals surface area (Å²) in [6.45, 7) is 0. The molecule has 67 heavy (non-hydrogen) atoms. The predicted molar refractivity (Wildman–Crippen MR) is 280 cm³/mol. The van der Waals surface area contributed by atoms with Crippen molar-refractivity contribution in [2.75, 3.05) is 4.90 Å². The van der Waals surface area contributed by atoms with Crippen molar-refractivity contribution in [3.05, 3.63) is 283 Å². The van der Waals surface area contributed by atoms with Gasteiger partial charge in [-0.25, -0.2) is 0 Å². The van der Waals surface area contributed by atoms with Crippen LogP contribution in [0, 0.1) is 0 Å². The van der Waals surface area contributed by atoms with Crippen LogP contribution in [-0.2, 0) is 5.41 Å². The minimum absolute atomic E-state index is 0.520. The second kappa shape index (κ2) is 15.8. The molecular weight excluding hydrogens is 811 g/mol. The van der Waals surface area contributed by atoms with Crippen molar-refractivity contribution >= 4 is 49.8 Å². The van der Waals surface area contributed by atoms with E-state index < -0.39 is 5.41 Å². The molecule has 13 rings (SSSR count). The minimum atomic E-state index is -0.520. The third-order valence-corrected chi connectivity index (χ3v) is 14.0. The highest BCUT2D eigenvalue weighted by Gasteiger charge is 2.46. The van der Waals surface area contributed by atoms with E-state index in [1.807, 2.05) is 12.1 Å². The summed E-state index contributed by atoms with van der Waals surface area (Å²) >= 11 is 0. The molecule has 12 aromatic rings. The van der Waals surface area contributed by atoms with E-state index in [0.717, 1.165) is 50.1 Å². The number of benzene rings is 11. The predicted octanol–water partition coefficient (Wildman–Crippen LogP) is 17.6. The molecule has 0 atom stereocenters. The quantitative estimate of drug-likeness (QED) is 0.151. The van der Waals surface area contributed by atoms with Gasteiger partial charge in [-0.05, 0) is 138 Å². The molecule has 1 aliphatic rings. The van der Waals surface area contributed by atoms with Gasteiger partial charge in [-0.3, -0.25) is 0 Å². The zero-order chi connectivity index (χ0) is 44.3.